The maximum absolute atomic E-state index is 12.6. The van der Waals surface area contributed by atoms with Crippen LogP contribution in [-0.2, 0) is 0 Å². The van der Waals surface area contributed by atoms with Crippen molar-refractivity contribution in [1.82, 2.24) is 14.3 Å². The molecule has 0 fully saturated rings. The summed E-state index contributed by atoms with van der Waals surface area (Å²) in [6.07, 6.45) is 0. The van der Waals surface area contributed by atoms with E-state index in [1.165, 1.54) is 19.1 Å². The molecule has 0 aliphatic heterocycles. The Bertz CT molecular complexity index is 589. The first-order chi connectivity index (χ1) is 8.00. The highest BCUT2D eigenvalue weighted by Crippen LogP contribution is 2.13. The van der Waals surface area contributed by atoms with Crippen molar-refractivity contribution in [2.24, 2.45) is 0 Å². The second-order valence-electron chi connectivity index (χ2n) is 3.37. The Hall–Kier alpha value is -1.69. The van der Waals surface area contributed by atoms with Crippen LogP contribution in [0.2, 0.25) is 5.02 Å². The SMILES string of the molecule is Cc1nn(-c2ccc(Cl)cc2)c(=O)n1C(F)F. The maximum atomic E-state index is 12.6. The lowest BCUT2D eigenvalue weighted by molar-refractivity contribution is 0.0640. The second-order valence-corrected chi connectivity index (χ2v) is 3.80. The average Bonchev–Trinajstić information content (AvgIpc) is 2.55. The fourth-order valence-electron chi connectivity index (χ4n) is 1.45. The van der Waals surface area contributed by atoms with Crippen LogP contribution in [0.1, 0.15) is 12.4 Å². The molecule has 0 bridgehead atoms. The molecule has 0 atom stereocenters. The van der Waals surface area contributed by atoms with Gasteiger partial charge in [0, 0.05) is 5.02 Å². The predicted octanol–water partition coefficient (Wildman–Crippen LogP) is 2.39. The van der Waals surface area contributed by atoms with Crippen molar-refractivity contribution in [3.05, 3.63) is 45.6 Å². The van der Waals surface area contributed by atoms with E-state index in [1.807, 2.05) is 0 Å². The largest absolute Gasteiger partial charge is 0.355 e. The summed E-state index contributed by atoms with van der Waals surface area (Å²) in [5.74, 6) is -0.0417. The number of hydrogen-bond donors (Lipinski definition) is 0. The van der Waals surface area contributed by atoms with Crippen LogP contribution in [0.25, 0.3) is 5.69 Å². The molecule has 2 aromatic rings. The molecule has 1 aromatic heterocycles. The Morgan fingerprint density at radius 1 is 1.29 bits per heavy atom. The molecule has 7 heteroatoms. The fraction of sp³-hybridized carbons (Fsp3) is 0.200. The highest BCUT2D eigenvalue weighted by atomic mass is 35.5. The molecular weight excluding hydrogens is 252 g/mol. The van der Waals surface area contributed by atoms with Crippen LogP contribution in [-0.4, -0.2) is 14.3 Å². The van der Waals surface area contributed by atoms with Crippen LogP contribution >= 0.6 is 11.6 Å². The Balaban J connectivity index is 2.58. The lowest BCUT2D eigenvalue weighted by Crippen LogP contribution is -2.24. The summed E-state index contributed by atoms with van der Waals surface area (Å²) in [5, 5.41) is 4.27. The molecule has 0 saturated heterocycles. The quantitative estimate of drug-likeness (QED) is 0.831. The third-order valence-corrected chi connectivity index (χ3v) is 2.50. The molecule has 0 aliphatic carbocycles. The Labute approximate surface area is 100 Å². The number of nitrogens with zero attached hydrogens (tertiary/aromatic N) is 3. The minimum absolute atomic E-state index is 0.0417. The minimum atomic E-state index is -2.90. The van der Waals surface area contributed by atoms with Gasteiger partial charge in [0.05, 0.1) is 5.69 Å². The molecule has 17 heavy (non-hydrogen) atoms. The number of aromatic nitrogens is 3. The van der Waals surface area contributed by atoms with Gasteiger partial charge >= 0.3 is 12.2 Å². The number of hydrogen-bond acceptors (Lipinski definition) is 2. The van der Waals surface area contributed by atoms with Gasteiger partial charge in [0.25, 0.3) is 0 Å². The second kappa shape index (κ2) is 4.29. The van der Waals surface area contributed by atoms with Crippen LogP contribution in [0.3, 0.4) is 0 Å². The van der Waals surface area contributed by atoms with Gasteiger partial charge in [0.1, 0.15) is 5.82 Å². The highest BCUT2D eigenvalue weighted by Gasteiger charge is 2.17. The average molecular weight is 260 g/mol. The number of aryl methyl sites for hydroxylation is 1. The zero-order valence-corrected chi connectivity index (χ0v) is 9.53. The first kappa shape index (κ1) is 11.8. The standard InChI is InChI=1S/C10H8ClF2N3O/c1-6-14-16(10(17)15(6)9(12)13)8-4-2-7(11)3-5-8/h2-5,9H,1H3. The summed E-state index contributed by atoms with van der Waals surface area (Å²) in [5.41, 5.74) is -0.485. The van der Waals surface area contributed by atoms with Crippen LogP contribution in [0, 0.1) is 6.92 Å². The Morgan fingerprint density at radius 3 is 2.35 bits per heavy atom. The van der Waals surface area contributed by atoms with E-state index < -0.39 is 12.2 Å². The van der Waals surface area contributed by atoms with Crippen LogP contribution in [0.15, 0.2) is 29.1 Å². The summed E-state index contributed by atoms with van der Waals surface area (Å²) >= 11 is 5.69. The van der Waals surface area contributed by atoms with Gasteiger partial charge in [-0.2, -0.15) is 18.6 Å². The van der Waals surface area contributed by atoms with Crippen LogP contribution in [0.5, 0.6) is 0 Å². The zero-order chi connectivity index (χ0) is 12.6. The van der Waals surface area contributed by atoms with Gasteiger partial charge in [-0.1, -0.05) is 11.6 Å². The van der Waals surface area contributed by atoms with E-state index >= 15 is 0 Å². The van der Waals surface area contributed by atoms with Crippen molar-refractivity contribution in [2.75, 3.05) is 0 Å². The van der Waals surface area contributed by atoms with Crippen molar-refractivity contribution in [3.63, 3.8) is 0 Å². The van der Waals surface area contributed by atoms with Gasteiger partial charge < -0.3 is 0 Å². The molecule has 90 valence electrons. The van der Waals surface area contributed by atoms with Crippen molar-refractivity contribution in [1.29, 1.82) is 0 Å². The first-order valence-electron chi connectivity index (χ1n) is 4.73. The monoisotopic (exact) mass is 259 g/mol. The minimum Gasteiger partial charge on any atom is -0.245 e. The third-order valence-electron chi connectivity index (χ3n) is 2.25. The van der Waals surface area contributed by atoms with Gasteiger partial charge in [-0.15, -0.1) is 0 Å². The summed E-state index contributed by atoms with van der Waals surface area (Å²) < 4.78 is 26.4. The lowest BCUT2D eigenvalue weighted by atomic mass is 10.3. The lowest BCUT2D eigenvalue weighted by Gasteiger charge is -1.99. The number of halogens is 3. The number of benzene rings is 1. The van der Waals surface area contributed by atoms with E-state index in [0.29, 0.717) is 15.3 Å². The number of alkyl halides is 2. The van der Waals surface area contributed by atoms with Gasteiger partial charge in [-0.05, 0) is 31.2 Å². The molecule has 0 saturated carbocycles. The number of rotatable bonds is 2. The molecule has 0 aliphatic rings. The molecule has 2 rings (SSSR count). The van der Waals surface area contributed by atoms with Crippen molar-refractivity contribution >= 4 is 11.6 Å². The maximum Gasteiger partial charge on any atom is 0.355 e. The van der Waals surface area contributed by atoms with E-state index in [2.05, 4.69) is 5.10 Å². The smallest absolute Gasteiger partial charge is 0.245 e. The molecule has 0 radical (unpaired) electrons. The van der Waals surface area contributed by atoms with Gasteiger partial charge in [-0.25, -0.2) is 9.36 Å². The first-order valence-corrected chi connectivity index (χ1v) is 5.11. The molecule has 0 spiro atoms. The molecular formula is C10H8ClF2N3O. The molecule has 1 aromatic carbocycles. The Morgan fingerprint density at radius 2 is 1.88 bits per heavy atom. The fourth-order valence-corrected chi connectivity index (χ4v) is 1.58. The van der Waals surface area contributed by atoms with Crippen molar-refractivity contribution < 1.29 is 8.78 Å². The topological polar surface area (TPSA) is 39.8 Å². The van der Waals surface area contributed by atoms with Crippen molar-refractivity contribution in [3.8, 4) is 5.69 Å². The predicted molar refractivity (Wildman–Crippen MR) is 58.8 cm³/mol. The van der Waals surface area contributed by atoms with Gasteiger partial charge in [0.15, 0.2) is 0 Å². The summed E-state index contributed by atoms with van der Waals surface area (Å²) in [7, 11) is 0. The van der Waals surface area contributed by atoms with Gasteiger partial charge in [-0.3, -0.25) is 0 Å². The van der Waals surface area contributed by atoms with E-state index in [4.69, 9.17) is 11.6 Å². The molecule has 0 N–H and O–H groups in total. The van der Waals surface area contributed by atoms with E-state index in [-0.39, 0.29) is 5.82 Å². The summed E-state index contributed by atoms with van der Waals surface area (Å²) in [6, 6.07) is 6.18. The third kappa shape index (κ3) is 2.08. The summed E-state index contributed by atoms with van der Waals surface area (Å²) in [6.45, 7) is -1.55. The normalized spacial score (nSPS) is 11.1. The molecule has 4 nitrogen and oxygen atoms in total. The van der Waals surface area contributed by atoms with Crippen LogP contribution < -0.4 is 5.69 Å². The highest BCUT2D eigenvalue weighted by molar-refractivity contribution is 6.30. The van der Waals surface area contributed by atoms with Gasteiger partial charge in [0.2, 0.25) is 0 Å². The van der Waals surface area contributed by atoms with Crippen LogP contribution in [0.4, 0.5) is 8.78 Å². The summed E-state index contributed by atoms with van der Waals surface area (Å²) in [4.78, 5) is 11.7. The molecule has 1 heterocycles. The Kier molecular flexibility index (Phi) is 2.97. The van der Waals surface area contributed by atoms with E-state index in [1.54, 1.807) is 12.1 Å². The van der Waals surface area contributed by atoms with Crippen molar-refractivity contribution in [2.45, 2.75) is 13.5 Å². The zero-order valence-electron chi connectivity index (χ0n) is 8.77. The molecule has 0 unspecified atom stereocenters. The molecule has 0 amide bonds. The van der Waals surface area contributed by atoms with E-state index in [0.717, 1.165) is 4.68 Å². The van der Waals surface area contributed by atoms with E-state index in [9.17, 15) is 13.6 Å².